The molecule has 4 rings (SSSR count). The molecule has 1 fully saturated rings. The van der Waals surface area contributed by atoms with Crippen LogP contribution in [0.3, 0.4) is 0 Å². The summed E-state index contributed by atoms with van der Waals surface area (Å²) in [4.78, 5) is 12.7. The Morgan fingerprint density at radius 1 is 1.39 bits per heavy atom. The number of aromatic nitrogens is 2. The van der Waals surface area contributed by atoms with Crippen molar-refractivity contribution in [2.45, 2.75) is 44.9 Å². The van der Waals surface area contributed by atoms with Crippen molar-refractivity contribution >= 4 is 11.8 Å². The average Bonchev–Trinajstić information content (AvgIpc) is 3.06. The Morgan fingerprint density at radius 2 is 2.17 bits per heavy atom. The zero-order valence-electron chi connectivity index (χ0n) is 13.3. The highest BCUT2D eigenvalue weighted by Crippen LogP contribution is 2.44. The Morgan fingerprint density at radius 3 is 2.96 bits per heavy atom. The number of rotatable bonds is 2. The van der Waals surface area contributed by atoms with Crippen molar-refractivity contribution < 1.29 is 9.53 Å². The number of hydrogen-bond donors (Lipinski definition) is 1. The lowest BCUT2D eigenvalue weighted by Crippen LogP contribution is -2.53. The molecule has 120 valence electrons. The van der Waals surface area contributed by atoms with Crippen LogP contribution in [0.1, 0.15) is 31.5 Å². The molecule has 23 heavy (non-hydrogen) atoms. The number of carbonyl (C=O) groups is 1. The van der Waals surface area contributed by atoms with Crippen LogP contribution in [0.5, 0.6) is 0 Å². The number of anilines is 1. The number of amides is 1. The van der Waals surface area contributed by atoms with E-state index in [0.29, 0.717) is 0 Å². The van der Waals surface area contributed by atoms with Crippen LogP contribution in [0.2, 0.25) is 0 Å². The molecule has 2 aliphatic rings. The number of nitrogens with one attached hydrogen (secondary N) is 1. The third-order valence-electron chi connectivity index (χ3n) is 4.62. The average molecular weight is 312 g/mol. The van der Waals surface area contributed by atoms with E-state index in [4.69, 9.17) is 4.74 Å². The minimum atomic E-state index is -0.295. The van der Waals surface area contributed by atoms with Gasteiger partial charge in [0.05, 0.1) is 23.0 Å². The van der Waals surface area contributed by atoms with E-state index in [0.717, 1.165) is 29.8 Å². The minimum absolute atomic E-state index is 0.101. The predicted octanol–water partition coefficient (Wildman–Crippen LogP) is 2.88. The van der Waals surface area contributed by atoms with E-state index in [-0.39, 0.29) is 24.3 Å². The third kappa shape index (κ3) is 2.25. The smallest absolute Gasteiger partial charge is 0.429 e. The van der Waals surface area contributed by atoms with Crippen molar-refractivity contribution in [2.75, 3.05) is 5.01 Å². The van der Waals surface area contributed by atoms with Gasteiger partial charge in [-0.2, -0.15) is 5.10 Å². The van der Waals surface area contributed by atoms with Gasteiger partial charge < -0.3 is 4.74 Å². The van der Waals surface area contributed by atoms with E-state index in [1.165, 1.54) is 0 Å². The van der Waals surface area contributed by atoms with Crippen molar-refractivity contribution in [3.05, 3.63) is 47.8 Å². The molecule has 0 aliphatic carbocycles. The molecule has 1 atom stereocenters. The number of fused-ring (bicyclic) bond motifs is 4. The SMILES string of the molecule is CC1(C)CC2Cc3n[nH]cc3N1N2C(=O)OCc1ccccc1. The van der Waals surface area contributed by atoms with Crippen LogP contribution < -0.4 is 5.01 Å². The van der Waals surface area contributed by atoms with Crippen molar-refractivity contribution in [3.63, 3.8) is 0 Å². The number of aromatic amines is 1. The number of nitrogens with zero attached hydrogens (tertiary/aromatic N) is 3. The largest absolute Gasteiger partial charge is 0.443 e. The maximum absolute atomic E-state index is 12.7. The highest BCUT2D eigenvalue weighted by atomic mass is 16.6. The van der Waals surface area contributed by atoms with Crippen LogP contribution >= 0.6 is 0 Å². The summed E-state index contributed by atoms with van der Waals surface area (Å²) < 4.78 is 5.55. The molecule has 1 saturated heterocycles. The zero-order chi connectivity index (χ0) is 16.0. The lowest BCUT2D eigenvalue weighted by atomic mass is 9.97. The molecule has 2 bridgehead atoms. The van der Waals surface area contributed by atoms with Crippen LogP contribution in [0.4, 0.5) is 10.5 Å². The van der Waals surface area contributed by atoms with Crippen LogP contribution in [-0.2, 0) is 17.8 Å². The van der Waals surface area contributed by atoms with Crippen LogP contribution in [-0.4, -0.2) is 32.9 Å². The molecule has 1 amide bonds. The van der Waals surface area contributed by atoms with Gasteiger partial charge in [-0.05, 0) is 25.8 Å². The first kappa shape index (κ1) is 14.1. The molecule has 1 aromatic carbocycles. The molecule has 2 aliphatic heterocycles. The summed E-state index contributed by atoms with van der Waals surface area (Å²) in [5.41, 5.74) is 2.85. The summed E-state index contributed by atoms with van der Waals surface area (Å²) in [6.07, 6.45) is 3.23. The van der Waals surface area contributed by atoms with E-state index < -0.39 is 0 Å². The van der Waals surface area contributed by atoms with Crippen molar-refractivity contribution in [2.24, 2.45) is 0 Å². The third-order valence-corrected chi connectivity index (χ3v) is 4.62. The van der Waals surface area contributed by atoms with E-state index >= 15 is 0 Å². The maximum Gasteiger partial charge on any atom is 0.429 e. The van der Waals surface area contributed by atoms with E-state index in [1.54, 1.807) is 5.01 Å². The molecule has 0 spiro atoms. The fourth-order valence-electron chi connectivity index (χ4n) is 3.69. The van der Waals surface area contributed by atoms with Gasteiger partial charge in [-0.25, -0.2) is 9.80 Å². The molecule has 6 heteroatoms. The van der Waals surface area contributed by atoms with Gasteiger partial charge in [0.2, 0.25) is 0 Å². The Labute approximate surface area is 135 Å². The maximum atomic E-state index is 12.7. The monoisotopic (exact) mass is 312 g/mol. The van der Waals surface area contributed by atoms with Gasteiger partial charge in [-0.15, -0.1) is 0 Å². The summed E-state index contributed by atoms with van der Waals surface area (Å²) in [5, 5.41) is 11.0. The molecule has 1 N–H and O–H groups in total. The number of hydrogen-bond acceptors (Lipinski definition) is 4. The minimum Gasteiger partial charge on any atom is -0.443 e. The summed E-state index contributed by atoms with van der Waals surface area (Å²) >= 11 is 0. The van der Waals surface area contributed by atoms with Crippen molar-refractivity contribution in [1.82, 2.24) is 15.2 Å². The summed E-state index contributed by atoms with van der Waals surface area (Å²) in [6.45, 7) is 4.58. The number of H-pyrrole nitrogens is 1. The van der Waals surface area contributed by atoms with Gasteiger partial charge in [0.25, 0.3) is 0 Å². The van der Waals surface area contributed by atoms with Crippen molar-refractivity contribution in [3.8, 4) is 0 Å². The molecule has 6 nitrogen and oxygen atoms in total. The molecule has 0 radical (unpaired) electrons. The Hall–Kier alpha value is -2.50. The van der Waals surface area contributed by atoms with Gasteiger partial charge in [0, 0.05) is 12.6 Å². The van der Waals surface area contributed by atoms with Gasteiger partial charge in [0.1, 0.15) is 6.61 Å². The molecule has 1 aromatic heterocycles. The number of ether oxygens (including phenoxy) is 1. The molecular formula is C17H20N4O2. The Bertz CT molecular complexity index is 725. The lowest BCUT2D eigenvalue weighted by molar-refractivity contribution is 0.0831. The summed E-state index contributed by atoms with van der Waals surface area (Å²) in [7, 11) is 0. The summed E-state index contributed by atoms with van der Waals surface area (Å²) in [6, 6.07) is 9.85. The topological polar surface area (TPSA) is 61.5 Å². The second-order valence-corrected chi connectivity index (χ2v) is 6.79. The first-order chi connectivity index (χ1) is 11.1. The van der Waals surface area contributed by atoms with E-state index in [2.05, 4.69) is 24.0 Å². The van der Waals surface area contributed by atoms with Gasteiger partial charge in [-0.1, -0.05) is 30.3 Å². The first-order valence-electron chi connectivity index (χ1n) is 7.89. The predicted molar refractivity (Wildman–Crippen MR) is 85.7 cm³/mol. The van der Waals surface area contributed by atoms with E-state index in [1.807, 2.05) is 41.5 Å². The zero-order valence-corrected chi connectivity index (χ0v) is 13.3. The van der Waals surface area contributed by atoms with Crippen molar-refractivity contribution in [1.29, 1.82) is 0 Å². The molecule has 3 heterocycles. The fourth-order valence-corrected chi connectivity index (χ4v) is 3.69. The first-order valence-corrected chi connectivity index (χ1v) is 7.89. The van der Waals surface area contributed by atoms with Crippen LogP contribution in [0.15, 0.2) is 36.5 Å². The number of hydrazine groups is 1. The Balaban J connectivity index is 1.56. The number of benzene rings is 1. The highest BCUT2D eigenvalue weighted by Gasteiger charge is 2.52. The van der Waals surface area contributed by atoms with Gasteiger partial charge in [0.15, 0.2) is 0 Å². The van der Waals surface area contributed by atoms with Crippen LogP contribution in [0.25, 0.3) is 0 Å². The van der Waals surface area contributed by atoms with Gasteiger partial charge in [-0.3, -0.25) is 10.1 Å². The lowest BCUT2D eigenvalue weighted by Gasteiger charge is -2.40. The number of carbonyl (C=O) groups excluding carboxylic acids is 1. The highest BCUT2D eigenvalue weighted by molar-refractivity contribution is 5.74. The Kier molecular flexibility index (Phi) is 3.07. The fraction of sp³-hybridized carbons (Fsp3) is 0.412. The van der Waals surface area contributed by atoms with E-state index in [9.17, 15) is 4.79 Å². The standard InChI is InChI=1S/C17H20N4O2/c1-17(2)9-13-8-14-15(10-18-19-14)21(17)20(13)16(22)23-11-12-6-4-3-5-7-12/h3-7,10,13H,8-9,11H2,1-2H3,(H,18,19). The second kappa shape index (κ2) is 5.01. The summed E-state index contributed by atoms with van der Waals surface area (Å²) in [5.74, 6) is 0. The van der Waals surface area contributed by atoms with Gasteiger partial charge >= 0.3 is 6.09 Å². The molecule has 1 unspecified atom stereocenters. The quantitative estimate of drug-likeness (QED) is 0.926. The molecule has 2 aromatic rings. The van der Waals surface area contributed by atoms with Crippen LogP contribution in [0, 0.1) is 0 Å². The normalized spacial score (nSPS) is 21.2. The second-order valence-electron chi connectivity index (χ2n) is 6.79. The molecular weight excluding hydrogens is 292 g/mol. The molecule has 0 saturated carbocycles.